The Morgan fingerprint density at radius 2 is 1.85 bits per heavy atom. The van der Waals surface area contributed by atoms with Gasteiger partial charge in [0.25, 0.3) is 0 Å². The van der Waals surface area contributed by atoms with Crippen molar-refractivity contribution in [1.82, 2.24) is 10.2 Å². The molecule has 1 aromatic rings. The summed E-state index contributed by atoms with van der Waals surface area (Å²) >= 11 is 0. The fourth-order valence-corrected chi connectivity index (χ4v) is 6.98. The van der Waals surface area contributed by atoms with Gasteiger partial charge in [-0.2, -0.15) is 0 Å². The Bertz CT molecular complexity index is 1320. The Morgan fingerprint density at radius 3 is 2.37 bits per heavy atom. The van der Waals surface area contributed by atoms with Crippen LogP contribution in [0.15, 0.2) is 6.07 Å². The maximum Gasteiger partial charge on any atom is 0.235 e. The summed E-state index contributed by atoms with van der Waals surface area (Å²) < 4.78 is 5.70. The number of hydrogen-bond donors (Lipinski definition) is 5. The largest absolute Gasteiger partial charge is 0.507 e. The number of methoxy groups -OCH3 is 1. The molecule has 224 valence electrons. The van der Waals surface area contributed by atoms with Crippen molar-refractivity contribution < 1.29 is 44.0 Å². The summed E-state index contributed by atoms with van der Waals surface area (Å²) in [4.78, 5) is 67.9. The number of benzene rings is 1. The van der Waals surface area contributed by atoms with E-state index in [9.17, 15) is 39.3 Å². The number of ether oxygens (including phenoxy) is 1. The maximum atomic E-state index is 13.9. The number of primary amides is 1. The van der Waals surface area contributed by atoms with Gasteiger partial charge in [0.2, 0.25) is 5.91 Å². The van der Waals surface area contributed by atoms with Crippen molar-refractivity contribution in [2.45, 2.75) is 57.8 Å². The van der Waals surface area contributed by atoms with E-state index in [1.807, 2.05) is 20.8 Å². The van der Waals surface area contributed by atoms with Crippen LogP contribution in [0.4, 0.5) is 0 Å². The van der Waals surface area contributed by atoms with E-state index in [1.165, 1.54) is 32.2 Å². The molecule has 0 aromatic heterocycles. The smallest absolute Gasteiger partial charge is 0.235 e. The lowest BCUT2D eigenvalue weighted by Gasteiger charge is -2.52. The van der Waals surface area contributed by atoms with E-state index in [-0.39, 0.29) is 48.8 Å². The zero-order valence-electron chi connectivity index (χ0n) is 24.2. The first-order valence-corrected chi connectivity index (χ1v) is 13.6. The van der Waals surface area contributed by atoms with Gasteiger partial charge in [-0.05, 0) is 44.3 Å². The van der Waals surface area contributed by atoms with Crippen LogP contribution < -0.4 is 15.8 Å². The molecule has 41 heavy (non-hydrogen) atoms. The fraction of sp³-hybridized carbons (Fsp3) is 0.621. The molecule has 0 aliphatic heterocycles. The Balaban J connectivity index is 1.79. The van der Waals surface area contributed by atoms with Crippen molar-refractivity contribution in [1.29, 1.82) is 0 Å². The number of carbonyl (C=O) groups is 5. The minimum absolute atomic E-state index is 0.0487. The lowest BCUT2D eigenvalue weighted by Crippen LogP contribution is -2.74. The molecule has 1 aromatic carbocycles. The van der Waals surface area contributed by atoms with Crippen LogP contribution >= 0.6 is 0 Å². The van der Waals surface area contributed by atoms with Gasteiger partial charge in [0.05, 0.1) is 31.2 Å². The molecule has 0 heterocycles. The number of aromatic hydroxyl groups is 1. The van der Waals surface area contributed by atoms with Gasteiger partial charge in [0, 0.05) is 29.6 Å². The first-order chi connectivity index (χ1) is 19.0. The molecule has 3 aliphatic carbocycles. The van der Waals surface area contributed by atoms with Gasteiger partial charge in [-0.1, -0.05) is 20.8 Å². The minimum atomic E-state index is -2.77. The maximum absolute atomic E-state index is 13.9. The molecule has 0 radical (unpaired) electrons. The summed E-state index contributed by atoms with van der Waals surface area (Å²) in [7, 11) is 4.49. The molecule has 2 saturated carbocycles. The van der Waals surface area contributed by atoms with Gasteiger partial charge in [-0.25, -0.2) is 0 Å². The van der Waals surface area contributed by atoms with E-state index < -0.39 is 64.4 Å². The van der Waals surface area contributed by atoms with Crippen LogP contribution in [-0.2, 0) is 32.1 Å². The van der Waals surface area contributed by atoms with E-state index in [4.69, 9.17) is 10.5 Å². The second-order valence-corrected chi connectivity index (χ2v) is 12.7. The van der Waals surface area contributed by atoms with Crippen molar-refractivity contribution in [2.75, 3.05) is 27.8 Å². The molecule has 1 amide bonds. The SMILES string of the molecule is COc1c(CN[C@H](CO)C(C)(C)C)cc(O)c2c1C[C@H]1C[C@H]3[C@H](N(C)C)C(=O)C(C(N)=O)C(=O)[C@@]3(O)C(=O)C1C2=O. The van der Waals surface area contributed by atoms with Crippen LogP contribution in [0.3, 0.4) is 0 Å². The summed E-state index contributed by atoms with van der Waals surface area (Å²) in [6.07, 6.45) is 0.0476. The van der Waals surface area contributed by atoms with Gasteiger partial charge in [-0.3, -0.25) is 28.9 Å². The lowest BCUT2D eigenvalue weighted by atomic mass is 9.52. The second kappa shape index (κ2) is 10.6. The highest BCUT2D eigenvalue weighted by atomic mass is 16.5. The van der Waals surface area contributed by atoms with Crippen LogP contribution in [0.5, 0.6) is 11.5 Å². The van der Waals surface area contributed by atoms with Gasteiger partial charge < -0.3 is 31.1 Å². The first-order valence-electron chi connectivity index (χ1n) is 13.6. The average Bonchev–Trinajstić information content (AvgIpc) is 2.85. The third-order valence-corrected chi connectivity index (χ3v) is 9.06. The molecule has 4 rings (SSSR count). The minimum Gasteiger partial charge on any atom is -0.507 e. The lowest BCUT2D eigenvalue weighted by molar-refractivity contribution is -0.181. The first kappa shape index (κ1) is 30.8. The van der Waals surface area contributed by atoms with E-state index in [0.29, 0.717) is 16.9 Å². The molecule has 7 atom stereocenters. The molecule has 12 nitrogen and oxygen atoms in total. The summed E-state index contributed by atoms with van der Waals surface area (Å²) in [5, 5.41) is 35.8. The number of carbonyl (C=O) groups excluding carboxylic acids is 5. The van der Waals surface area contributed by atoms with Gasteiger partial charge in [-0.15, -0.1) is 0 Å². The fourth-order valence-electron chi connectivity index (χ4n) is 6.98. The molecule has 6 N–H and O–H groups in total. The number of aliphatic hydroxyl groups is 2. The molecule has 2 fully saturated rings. The van der Waals surface area contributed by atoms with Crippen LogP contribution in [0.1, 0.15) is 48.7 Å². The average molecular weight is 574 g/mol. The highest BCUT2D eigenvalue weighted by molar-refractivity contribution is 6.32. The summed E-state index contributed by atoms with van der Waals surface area (Å²) in [6.45, 7) is 5.98. The zero-order valence-corrected chi connectivity index (χ0v) is 24.2. The molecule has 0 bridgehead atoms. The number of fused-ring (bicyclic) bond motifs is 3. The van der Waals surface area contributed by atoms with Crippen molar-refractivity contribution in [2.24, 2.45) is 34.8 Å². The summed E-state index contributed by atoms with van der Waals surface area (Å²) in [5.41, 5.74) is 3.09. The van der Waals surface area contributed by atoms with Crippen molar-refractivity contribution in [3.8, 4) is 11.5 Å². The Morgan fingerprint density at radius 1 is 1.22 bits per heavy atom. The Labute approximate surface area is 238 Å². The second-order valence-electron chi connectivity index (χ2n) is 12.7. The molecule has 12 heteroatoms. The number of nitrogens with two attached hydrogens (primary N) is 1. The number of amides is 1. The number of ketones is 4. The predicted molar refractivity (Wildman–Crippen MR) is 145 cm³/mol. The number of aliphatic hydroxyl groups excluding tert-OH is 1. The molecule has 0 saturated heterocycles. The zero-order chi connectivity index (χ0) is 30.8. The predicted octanol–water partition coefficient (Wildman–Crippen LogP) is -0.628. The standard InChI is InChI=1S/C29H39N3O9/c1-28(2,3)17(11-33)31-10-13-9-16(34)19-14(24(13)41-6)7-12-8-15-21(32(4)5)23(36)20(27(30)39)26(38)29(15,40)25(37)18(12)22(19)35/h9,12,15,17-18,20-21,31,33-34,40H,7-8,10-11H2,1-6H3,(H2,30,39)/t12-,15-,17+,18?,20?,21-,29-/m0/s1. The number of rotatable bonds is 7. The number of Topliss-reactive ketones (excluding diaryl/α,β-unsaturated/α-hetero) is 4. The number of phenols is 1. The van der Waals surface area contributed by atoms with Crippen LogP contribution in [0, 0.1) is 29.1 Å². The van der Waals surface area contributed by atoms with Crippen molar-refractivity contribution in [3.63, 3.8) is 0 Å². The Hall–Kier alpha value is -3.19. The van der Waals surface area contributed by atoms with E-state index >= 15 is 0 Å². The molecule has 3 aliphatic rings. The van der Waals surface area contributed by atoms with Gasteiger partial charge in [0.15, 0.2) is 34.7 Å². The molecule has 0 spiro atoms. The summed E-state index contributed by atoms with van der Waals surface area (Å²) in [5.74, 6) is -10.7. The normalized spacial score (nSPS) is 30.5. The van der Waals surface area contributed by atoms with Crippen LogP contribution in [0.25, 0.3) is 0 Å². The van der Waals surface area contributed by atoms with Crippen molar-refractivity contribution >= 4 is 29.0 Å². The van der Waals surface area contributed by atoms with Gasteiger partial charge in [0.1, 0.15) is 11.5 Å². The molecular weight excluding hydrogens is 534 g/mol. The van der Waals surface area contributed by atoms with Gasteiger partial charge >= 0.3 is 0 Å². The van der Waals surface area contributed by atoms with Crippen LogP contribution in [0.2, 0.25) is 0 Å². The Kier molecular flexibility index (Phi) is 7.93. The number of nitrogens with zero attached hydrogens (tertiary/aromatic N) is 1. The van der Waals surface area contributed by atoms with Crippen molar-refractivity contribution in [3.05, 3.63) is 22.8 Å². The van der Waals surface area contributed by atoms with E-state index in [2.05, 4.69) is 5.32 Å². The number of likely N-dealkylation sites (N-methyl/N-ethyl adjacent to an activating group) is 1. The molecular formula is C29H39N3O9. The van der Waals surface area contributed by atoms with E-state index in [1.54, 1.807) is 0 Å². The number of nitrogens with one attached hydrogen (secondary N) is 1. The number of phenolic OH excluding ortho intramolecular Hbond substituents is 1. The third-order valence-electron chi connectivity index (χ3n) is 9.06. The quantitative estimate of drug-likeness (QED) is 0.261. The summed E-state index contributed by atoms with van der Waals surface area (Å²) in [6, 6.07) is -0.0886. The van der Waals surface area contributed by atoms with E-state index in [0.717, 1.165) is 0 Å². The highest BCUT2D eigenvalue weighted by Crippen LogP contribution is 2.52. The topological polar surface area (TPSA) is 197 Å². The monoisotopic (exact) mass is 573 g/mol. The molecule has 2 unspecified atom stereocenters. The number of hydrogen-bond acceptors (Lipinski definition) is 11. The third kappa shape index (κ3) is 4.66. The van der Waals surface area contributed by atoms with Crippen LogP contribution in [-0.4, -0.2) is 94.8 Å². The highest BCUT2D eigenvalue weighted by Gasteiger charge is 2.69.